The predicted molar refractivity (Wildman–Crippen MR) is 74.2 cm³/mol. The highest BCUT2D eigenvalue weighted by Crippen LogP contribution is 2.21. The van der Waals surface area contributed by atoms with Gasteiger partial charge in [0.25, 0.3) is 5.91 Å². The van der Waals surface area contributed by atoms with Gasteiger partial charge in [0.2, 0.25) is 0 Å². The van der Waals surface area contributed by atoms with E-state index in [9.17, 15) is 4.79 Å². The lowest BCUT2D eigenvalue weighted by Gasteiger charge is -2.21. The first-order valence-electron chi connectivity index (χ1n) is 6.03. The molecule has 1 amide bonds. The second-order valence-corrected chi connectivity index (χ2v) is 5.53. The highest BCUT2D eigenvalue weighted by atomic mass is 35.5. The Bertz CT molecular complexity index is 451. The molecule has 0 fully saturated rings. The zero-order chi connectivity index (χ0) is 14.5. The fourth-order valence-electron chi connectivity index (χ4n) is 1.54. The van der Waals surface area contributed by atoms with Crippen LogP contribution in [0, 0.1) is 5.41 Å². The predicted octanol–water partition coefficient (Wildman–Crippen LogP) is 1.44. The Morgan fingerprint density at radius 3 is 2.79 bits per heavy atom. The van der Waals surface area contributed by atoms with E-state index in [1.807, 2.05) is 13.8 Å². The number of nitrogens with zero attached hydrogens (tertiary/aromatic N) is 2. The standard InChI is InChI=1S/C12H19ClN4O2/c1-12(2,7-18)4-3-5-15-11-8(10(14)19)6-9(13)16-17-11/h6,18H,3-5,7H2,1-2H3,(H2,14,19)(H,15,17). The van der Waals surface area contributed by atoms with Gasteiger partial charge in [-0.25, -0.2) is 0 Å². The van der Waals surface area contributed by atoms with Crippen molar-refractivity contribution in [3.05, 3.63) is 16.8 Å². The molecule has 0 aliphatic heterocycles. The normalized spacial score (nSPS) is 11.4. The van der Waals surface area contributed by atoms with Crippen LogP contribution in [-0.4, -0.2) is 34.4 Å². The van der Waals surface area contributed by atoms with Gasteiger partial charge in [-0.1, -0.05) is 25.4 Å². The van der Waals surface area contributed by atoms with Crippen LogP contribution in [0.25, 0.3) is 0 Å². The Balaban J connectivity index is 2.56. The van der Waals surface area contributed by atoms with E-state index >= 15 is 0 Å². The first-order valence-corrected chi connectivity index (χ1v) is 6.41. The van der Waals surface area contributed by atoms with Gasteiger partial charge in [0.1, 0.15) is 0 Å². The number of aliphatic hydroxyl groups is 1. The van der Waals surface area contributed by atoms with Crippen LogP contribution in [0.4, 0.5) is 5.82 Å². The second kappa shape index (κ2) is 6.68. The Hall–Kier alpha value is -1.40. The average molecular weight is 287 g/mol. The minimum atomic E-state index is -0.602. The van der Waals surface area contributed by atoms with Crippen molar-refractivity contribution in [2.45, 2.75) is 26.7 Å². The summed E-state index contributed by atoms with van der Waals surface area (Å²) in [6.07, 6.45) is 1.68. The lowest BCUT2D eigenvalue weighted by molar-refractivity contribution is 0.100. The molecule has 1 aromatic heterocycles. The third-order valence-corrected chi connectivity index (χ3v) is 2.97. The molecule has 6 nitrogen and oxygen atoms in total. The maximum atomic E-state index is 11.2. The Labute approximate surface area is 117 Å². The molecular weight excluding hydrogens is 268 g/mol. The highest BCUT2D eigenvalue weighted by molar-refractivity contribution is 6.29. The van der Waals surface area contributed by atoms with Gasteiger partial charge in [-0.05, 0) is 24.3 Å². The van der Waals surface area contributed by atoms with Crippen molar-refractivity contribution in [3.63, 3.8) is 0 Å². The third kappa shape index (κ3) is 5.00. The molecule has 0 atom stereocenters. The van der Waals surface area contributed by atoms with Crippen LogP contribution in [0.15, 0.2) is 6.07 Å². The molecule has 0 aliphatic carbocycles. The van der Waals surface area contributed by atoms with Crippen LogP contribution in [0.5, 0.6) is 0 Å². The summed E-state index contributed by atoms with van der Waals surface area (Å²) in [6.45, 7) is 4.73. The second-order valence-electron chi connectivity index (χ2n) is 5.15. The quantitative estimate of drug-likeness (QED) is 0.658. The molecule has 4 N–H and O–H groups in total. The highest BCUT2D eigenvalue weighted by Gasteiger charge is 2.16. The van der Waals surface area contributed by atoms with Crippen LogP contribution in [-0.2, 0) is 0 Å². The number of anilines is 1. The van der Waals surface area contributed by atoms with E-state index in [-0.39, 0.29) is 22.7 Å². The number of amides is 1. The summed E-state index contributed by atoms with van der Waals surface area (Å²) in [5.41, 5.74) is 5.35. The Morgan fingerprint density at radius 1 is 1.53 bits per heavy atom. The minimum Gasteiger partial charge on any atom is -0.396 e. The monoisotopic (exact) mass is 286 g/mol. The van der Waals surface area contributed by atoms with E-state index < -0.39 is 5.91 Å². The summed E-state index contributed by atoms with van der Waals surface area (Å²) < 4.78 is 0. The van der Waals surface area contributed by atoms with Gasteiger partial charge in [-0.3, -0.25) is 4.79 Å². The van der Waals surface area contributed by atoms with Gasteiger partial charge in [-0.15, -0.1) is 10.2 Å². The fraction of sp³-hybridized carbons (Fsp3) is 0.583. The molecule has 0 aromatic carbocycles. The summed E-state index contributed by atoms with van der Waals surface area (Å²) in [5.74, 6) is -0.270. The summed E-state index contributed by atoms with van der Waals surface area (Å²) in [5, 5.41) is 19.8. The Kier molecular flexibility index (Phi) is 5.50. The minimum absolute atomic E-state index is 0.111. The molecule has 19 heavy (non-hydrogen) atoms. The van der Waals surface area contributed by atoms with E-state index in [2.05, 4.69) is 15.5 Å². The molecule has 0 unspecified atom stereocenters. The number of nitrogens with one attached hydrogen (secondary N) is 1. The van der Waals surface area contributed by atoms with Crippen molar-refractivity contribution >= 4 is 23.3 Å². The molecule has 0 bridgehead atoms. The van der Waals surface area contributed by atoms with Gasteiger partial charge in [-0.2, -0.15) is 0 Å². The summed E-state index contributed by atoms with van der Waals surface area (Å²) >= 11 is 5.66. The molecule has 1 aromatic rings. The molecule has 0 spiro atoms. The third-order valence-electron chi connectivity index (χ3n) is 2.78. The van der Waals surface area contributed by atoms with Crippen molar-refractivity contribution in [3.8, 4) is 0 Å². The zero-order valence-corrected chi connectivity index (χ0v) is 11.9. The van der Waals surface area contributed by atoms with Gasteiger partial charge in [0, 0.05) is 13.2 Å². The number of rotatable bonds is 7. The van der Waals surface area contributed by atoms with Gasteiger partial charge < -0.3 is 16.2 Å². The largest absolute Gasteiger partial charge is 0.396 e. The molecular formula is C12H19ClN4O2. The van der Waals surface area contributed by atoms with Crippen molar-refractivity contribution < 1.29 is 9.90 Å². The zero-order valence-electron chi connectivity index (χ0n) is 11.1. The number of aliphatic hydroxyl groups excluding tert-OH is 1. The smallest absolute Gasteiger partial charge is 0.252 e. The topological polar surface area (TPSA) is 101 Å². The number of primary amides is 1. The average Bonchev–Trinajstić information content (AvgIpc) is 2.36. The van der Waals surface area contributed by atoms with Crippen LogP contribution in [0.2, 0.25) is 5.15 Å². The summed E-state index contributed by atoms with van der Waals surface area (Å²) in [4.78, 5) is 11.2. The number of carbonyl (C=O) groups is 1. The van der Waals surface area contributed by atoms with Crippen molar-refractivity contribution in [1.82, 2.24) is 10.2 Å². The van der Waals surface area contributed by atoms with E-state index in [0.717, 1.165) is 12.8 Å². The number of nitrogens with two attached hydrogens (primary N) is 1. The number of aromatic nitrogens is 2. The maximum Gasteiger partial charge on any atom is 0.252 e. The van der Waals surface area contributed by atoms with Crippen LogP contribution in [0.3, 0.4) is 0 Å². The first-order chi connectivity index (χ1) is 8.85. The van der Waals surface area contributed by atoms with E-state index in [1.165, 1.54) is 6.07 Å². The van der Waals surface area contributed by atoms with Crippen LogP contribution < -0.4 is 11.1 Å². The number of hydrogen-bond donors (Lipinski definition) is 3. The molecule has 1 heterocycles. The molecule has 0 saturated heterocycles. The lowest BCUT2D eigenvalue weighted by Crippen LogP contribution is -2.19. The van der Waals surface area contributed by atoms with Crippen LogP contribution >= 0.6 is 11.6 Å². The van der Waals surface area contributed by atoms with Crippen molar-refractivity contribution in [1.29, 1.82) is 0 Å². The lowest BCUT2D eigenvalue weighted by atomic mass is 9.89. The molecule has 0 saturated carbocycles. The molecule has 7 heteroatoms. The first kappa shape index (κ1) is 15.7. The van der Waals surface area contributed by atoms with Gasteiger partial charge >= 0.3 is 0 Å². The molecule has 1 rings (SSSR count). The molecule has 106 valence electrons. The van der Waals surface area contributed by atoms with E-state index in [1.54, 1.807) is 0 Å². The van der Waals surface area contributed by atoms with Gasteiger partial charge in [0.05, 0.1) is 5.56 Å². The van der Waals surface area contributed by atoms with Crippen molar-refractivity contribution in [2.75, 3.05) is 18.5 Å². The number of hydrogen-bond acceptors (Lipinski definition) is 5. The SMILES string of the molecule is CC(C)(CO)CCCNc1nnc(Cl)cc1C(N)=O. The summed E-state index contributed by atoms with van der Waals surface area (Å²) in [7, 11) is 0. The fourth-order valence-corrected chi connectivity index (χ4v) is 1.69. The van der Waals surface area contributed by atoms with Gasteiger partial charge in [0.15, 0.2) is 11.0 Å². The summed E-state index contributed by atoms with van der Waals surface area (Å²) in [6, 6.07) is 1.39. The van der Waals surface area contributed by atoms with E-state index in [0.29, 0.717) is 12.4 Å². The molecule has 0 radical (unpaired) electrons. The number of carbonyl (C=O) groups excluding carboxylic acids is 1. The van der Waals surface area contributed by atoms with Crippen LogP contribution in [0.1, 0.15) is 37.0 Å². The molecule has 0 aliphatic rings. The van der Waals surface area contributed by atoms with E-state index in [4.69, 9.17) is 22.4 Å². The maximum absolute atomic E-state index is 11.2. The van der Waals surface area contributed by atoms with Crippen molar-refractivity contribution in [2.24, 2.45) is 11.1 Å². The number of halogens is 1. The Morgan fingerprint density at radius 2 is 2.21 bits per heavy atom.